The van der Waals surface area contributed by atoms with E-state index < -0.39 is 5.97 Å². The summed E-state index contributed by atoms with van der Waals surface area (Å²) in [5.41, 5.74) is 2.63. The third-order valence-corrected chi connectivity index (χ3v) is 2.91. The van der Waals surface area contributed by atoms with Gasteiger partial charge < -0.3 is 5.11 Å². The molecule has 3 heterocycles. The predicted molar refractivity (Wildman–Crippen MR) is 67.9 cm³/mol. The van der Waals surface area contributed by atoms with Crippen molar-refractivity contribution in [2.75, 3.05) is 0 Å². The van der Waals surface area contributed by atoms with Crippen LogP contribution in [0.5, 0.6) is 0 Å². The van der Waals surface area contributed by atoms with Crippen LogP contribution in [0.4, 0.5) is 0 Å². The average molecular weight is 254 g/mol. The maximum atomic E-state index is 11.5. The molecule has 0 bridgehead atoms. The molecule has 0 saturated heterocycles. The van der Waals surface area contributed by atoms with Crippen molar-refractivity contribution in [2.45, 2.75) is 6.92 Å². The standard InChI is InChI=1S/C13H10N4O2/c1-8-5-10(9-3-2-4-14-6-9)11(13(18)19)12-15-7-16-17(8)12/h2-7H,1H3,(H,18,19). The fourth-order valence-corrected chi connectivity index (χ4v) is 2.09. The number of hydrogen-bond acceptors (Lipinski definition) is 4. The molecule has 0 aliphatic heterocycles. The van der Waals surface area contributed by atoms with Crippen molar-refractivity contribution < 1.29 is 9.90 Å². The number of carboxylic acids is 1. The van der Waals surface area contributed by atoms with E-state index in [2.05, 4.69) is 15.1 Å². The van der Waals surface area contributed by atoms with Gasteiger partial charge in [-0.1, -0.05) is 6.07 Å². The third-order valence-electron chi connectivity index (χ3n) is 2.91. The zero-order chi connectivity index (χ0) is 13.4. The first-order valence-corrected chi connectivity index (χ1v) is 5.65. The molecule has 0 radical (unpaired) electrons. The molecule has 3 aromatic heterocycles. The number of aromatic nitrogens is 4. The molecule has 19 heavy (non-hydrogen) atoms. The lowest BCUT2D eigenvalue weighted by atomic mass is 10.0. The van der Waals surface area contributed by atoms with Crippen LogP contribution in [0, 0.1) is 6.92 Å². The lowest BCUT2D eigenvalue weighted by Gasteiger charge is -2.09. The van der Waals surface area contributed by atoms with Gasteiger partial charge in [0.25, 0.3) is 0 Å². The number of aromatic carboxylic acids is 1. The van der Waals surface area contributed by atoms with Crippen molar-refractivity contribution in [3.8, 4) is 11.1 Å². The number of pyridine rings is 2. The Kier molecular flexibility index (Phi) is 2.49. The minimum absolute atomic E-state index is 0.135. The Hall–Kier alpha value is -2.76. The van der Waals surface area contributed by atoms with Gasteiger partial charge in [-0.05, 0) is 19.1 Å². The largest absolute Gasteiger partial charge is 0.478 e. The van der Waals surface area contributed by atoms with Crippen LogP contribution in [0.25, 0.3) is 16.8 Å². The monoisotopic (exact) mass is 254 g/mol. The van der Waals surface area contributed by atoms with E-state index in [9.17, 15) is 9.90 Å². The first-order chi connectivity index (χ1) is 9.18. The molecule has 3 aromatic rings. The summed E-state index contributed by atoms with van der Waals surface area (Å²) in [6.07, 6.45) is 4.63. The smallest absolute Gasteiger partial charge is 0.340 e. The maximum Gasteiger partial charge on any atom is 0.340 e. The Morgan fingerprint density at radius 2 is 2.26 bits per heavy atom. The molecule has 3 rings (SSSR count). The second kappa shape index (κ2) is 4.16. The van der Waals surface area contributed by atoms with Crippen molar-refractivity contribution in [3.63, 3.8) is 0 Å². The molecule has 6 nitrogen and oxygen atoms in total. The van der Waals surface area contributed by atoms with Gasteiger partial charge in [0.05, 0.1) is 0 Å². The van der Waals surface area contributed by atoms with Crippen LogP contribution in [0.3, 0.4) is 0 Å². The van der Waals surface area contributed by atoms with Crippen LogP contribution in [0.2, 0.25) is 0 Å². The Labute approximate surface area is 108 Å². The minimum atomic E-state index is -1.03. The van der Waals surface area contributed by atoms with Gasteiger partial charge in [-0.25, -0.2) is 14.3 Å². The summed E-state index contributed by atoms with van der Waals surface area (Å²) in [6.45, 7) is 1.85. The van der Waals surface area contributed by atoms with Gasteiger partial charge in [0.2, 0.25) is 0 Å². The molecule has 94 valence electrons. The van der Waals surface area contributed by atoms with Gasteiger partial charge in [-0.15, -0.1) is 0 Å². The molecular formula is C13H10N4O2. The van der Waals surface area contributed by atoms with E-state index in [0.717, 1.165) is 11.3 Å². The Morgan fingerprint density at radius 1 is 1.42 bits per heavy atom. The van der Waals surface area contributed by atoms with Gasteiger partial charge in [-0.2, -0.15) is 5.10 Å². The first kappa shape index (κ1) is 11.3. The van der Waals surface area contributed by atoms with Gasteiger partial charge in [-0.3, -0.25) is 4.98 Å². The van der Waals surface area contributed by atoms with E-state index in [1.807, 2.05) is 13.0 Å². The summed E-state index contributed by atoms with van der Waals surface area (Å²) in [5.74, 6) is -1.03. The average Bonchev–Trinajstić information content (AvgIpc) is 2.88. The minimum Gasteiger partial charge on any atom is -0.478 e. The van der Waals surface area contributed by atoms with E-state index in [-0.39, 0.29) is 5.56 Å². The van der Waals surface area contributed by atoms with Crippen molar-refractivity contribution in [2.24, 2.45) is 0 Å². The predicted octanol–water partition coefficient (Wildman–Crippen LogP) is 1.80. The lowest BCUT2D eigenvalue weighted by molar-refractivity contribution is 0.0699. The van der Waals surface area contributed by atoms with E-state index in [0.29, 0.717) is 11.2 Å². The SMILES string of the molecule is Cc1cc(-c2cccnc2)c(C(=O)O)c2ncnn12. The molecule has 0 aliphatic rings. The Bertz CT molecular complexity index is 765. The highest BCUT2D eigenvalue weighted by molar-refractivity contribution is 6.01. The highest BCUT2D eigenvalue weighted by Crippen LogP contribution is 2.27. The van der Waals surface area contributed by atoms with Crippen LogP contribution in [0.15, 0.2) is 36.9 Å². The molecule has 0 atom stereocenters. The summed E-state index contributed by atoms with van der Waals surface area (Å²) < 4.78 is 1.52. The Morgan fingerprint density at radius 3 is 2.95 bits per heavy atom. The zero-order valence-corrected chi connectivity index (χ0v) is 10.1. The van der Waals surface area contributed by atoms with E-state index in [1.54, 1.807) is 24.5 Å². The first-order valence-electron chi connectivity index (χ1n) is 5.65. The molecule has 0 spiro atoms. The maximum absolute atomic E-state index is 11.5. The molecule has 1 N–H and O–H groups in total. The molecular weight excluding hydrogens is 244 g/mol. The molecule has 0 saturated carbocycles. The third kappa shape index (κ3) is 1.74. The lowest BCUT2D eigenvalue weighted by Crippen LogP contribution is -2.06. The second-order valence-electron chi connectivity index (χ2n) is 4.12. The topological polar surface area (TPSA) is 80.4 Å². The fraction of sp³-hybridized carbons (Fsp3) is 0.0769. The summed E-state index contributed by atoms with van der Waals surface area (Å²) >= 11 is 0. The van der Waals surface area contributed by atoms with Gasteiger partial charge >= 0.3 is 5.97 Å². The van der Waals surface area contributed by atoms with Gasteiger partial charge in [0.1, 0.15) is 11.9 Å². The van der Waals surface area contributed by atoms with E-state index in [4.69, 9.17) is 0 Å². The second-order valence-corrected chi connectivity index (χ2v) is 4.12. The van der Waals surface area contributed by atoms with Crippen molar-refractivity contribution in [3.05, 3.63) is 48.2 Å². The number of nitrogens with zero attached hydrogens (tertiary/aromatic N) is 4. The quantitative estimate of drug-likeness (QED) is 0.754. The molecule has 0 amide bonds. The molecule has 0 unspecified atom stereocenters. The highest BCUT2D eigenvalue weighted by Gasteiger charge is 2.19. The number of aryl methyl sites for hydroxylation is 1. The van der Waals surface area contributed by atoms with Crippen LogP contribution in [-0.4, -0.2) is 30.7 Å². The van der Waals surface area contributed by atoms with Crippen molar-refractivity contribution >= 4 is 11.6 Å². The number of fused-ring (bicyclic) bond motifs is 1. The molecule has 6 heteroatoms. The van der Waals surface area contributed by atoms with Crippen LogP contribution < -0.4 is 0 Å². The summed E-state index contributed by atoms with van der Waals surface area (Å²) in [5, 5.41) is 13.5. The van der Waals surface area contributed by atoms with E-state index >= 15 is 0 Å². The highest BCUT2D eigenvalue weighted by atomic mass is 16.4. The summed E-state index contributed by atoms with van der Waals surface area (Å²) in [6, 6.07) is 5.37. The number of rotatable bonds is 2. The van der Waals surface area contributed by atoms with Crippen LogP contribution in [-0.2, 0) is 0 Å². The number of carbonyl (C=O) groups is 1. The normalized spacial score (nSPS) is 10.8. The molecule has 0 fully saturated rings. The molecule has 0 aliphatic carbocycles. The number of hydrogen-bond donors (Lipinski definition) is 1. The summed E-state index contributed by atoms with van der Waals surface area (Å²) in [4.78, 5) is 19.6. The van der Waals surface area contributed by atoms with Crippen LogP contribution in [0.1, 0.15) is 16.1 Å². The van der Waals surface area contributed by atoms with Gasteiger partial charge in [0.15, 0.2) is 5.65 Å². The van der Waals surface area contributed by atoms with E-state index in [1.165, 1.54) is 10.8 Å². The van der Waals surface area contributed by atoms with Crippen molar-refractivity contribution in [1.29, 1.82) is 0 Å². The van der Waals surface area contributed by atoms with Crippen LogP contribution >= 0.6 is 0 Å². The van der Waals surface area contributed by atoms with Crippen molar-refractivity contribution in [1.82, 2.24) is 19.6 Å². The molecule has 0 aromatic carbocycles. The number of carboxylic acid groups (broad SMARTS) is 1. The zero-order valence-electron chi connectivity index (χ0n) is 10.1. The summed E-state index contributed by atoms with van der Waals surface area (Å²) in [7, 11) is 0. The van der Waals surface area contributed by atoms with Gasteiger partial charge in [0, 0.05) is 29.2 Å². The fourth-order valence-electron chi connectivity index (χ4n) is 2.09. The Balaban J connectivity index is 2.41.